The second-order valence-electron chi connectivity index (χ2n) is 4.50. The number of ketones is 1. The first-order valence-corrected chi connectivity index (χ1v) is 6.79. The molecule has 102 valence electrons. The van der Waals surface area contributed by atoms with Crippen molar-refractivity contribution in [1.82, 2.24) is 9.97 Å². The maximum absolute atomic E-state index is 12.3. The Morgan fingerprint density at radius 1 is 1.14 bits per heavy atom. The molecule has 2 aromatic heterocycles. The molecule has 0 atom stereocenters. The Kier molecular flexibility index (Phi) is 3.75. The van der Waals surface area contributed by atoms with E-state index >= 15 is 0 Å². The Hall–Kier alpha value is -2.52. The first-order chi connectivity index (χ1) is 10.2. The molecule has 3 aromatic rings. The third-order valence-corrected chi connectivity index (χ3v) is 3.34. The fourth-order valence-electron chi connectivity index (χ4n) is 2.00. The molecule has 4 heteroatoms. The molecule has 0 saturated heterocycles. The highest BCUT2D eigenvalue weighted by atomic mass is 35.5. The zero-order chi connectivity index (χ0) is 14.7. The summed E-state index contributed by atoms with van der Waals surface area (Å²) in [6, 6.07) is 13.0. The van der Waals surface area contributed by atoms with Crippen LogP contribution in [0.25, 0.3) is 17.0 Å². The smallest absolute Gasteiger partial charge is 0.188 e. The minimum Gasteiger partial charge on any atom is -0.289 e. The molecule has 0 bridgehead atoms. The van der Waals surface area contributed by atoms with E-state index in [2.05, 4.69) is 9.97 Å². The summed E-state index contributed by atoms with van der Waals surface area (Å²) in [6.07, 6.45) is 6.56. The van der Waals surface area contributed by atoms with Crippen LogP contribution >= 0.6 is 11.6 Å². The van der Waals surface area contributed by atoms with Gasteiger partial charge in [-0.1, -0.05) is 35.9 Å². The van der Waals surface area contributed by atoms with Crippen molar-refractivity contribution in [3.8, 4) is 0 Å². The summed E-state index contributed by atoms with van der Waals surface area (Å²) in [4.78, 5) is 20.5. The molecular formula is C17H11ClN2O. The van der Waals surface area contributed by atoms with Gasteiger partial charge in [-0.25, -0.2) is 4.98 Å². The van der Waals surface area contributed by atoms with E-state index in [1.54, 1.807) is 24.5 Å². The molecule has 0 aliphatic heterocycles. The monoisotopic (exact) mass is 294 g/mol. The van der Waals surface area contributed by atoms with Crippen molar-refractivity contribution in [3.63, 3.8) is 0 Å². The highest BCUT2D eigenvalue weighted by Gasteiger charge is 2.10. The van der Waals surface area contributed by atoms with Crippen molar-refractivity contribution in [2.45, 2.75) is 0 Å². The van der Waals surface area contributed by atoms with Gasteiger partial charge in [-0.15, -0.1) is 0 Å². The van der Waals surface area contributed by atoms with Crippen LogP contribution in [0.4, 0.5) is 0 Å². The normalized spacial score (nSPS) is 11.1. The van der Waals surface area contributed by atoms with E-state index in [4.69, 9.17) is 11.6 Å². The van der Waals surface area contributed by atoms with Gasteiger partial charge in [0.15, 0.2) is 5.78 Å². The molecule has 2 heterocycles. The van der Waals surface area contributed by atoms with E-state index in [1.165, 1.54) is 6.08 Å². The summed E-state index contributed by atoms with van der Waals surface area (Å²) in [7, 11) is 0. The molecular weight excluding hydrogens is 284 g/mol. The highest BCUT2D eigenvalue weighted by Crippen LogP contribution is 2.21. The minimum atomic E-state index is -0.179. The third kappa shape index (κ3) is 2.98. The fraction of sp³-hybridized carbons (Fsp3) is 0. The molecule has 3 rings (SSSR count). The molecule has 0 fully saturated rings. The van der Waals surface area contributed by atoms with E-state index in [-0.39, 0.29) is 10.9 Å². The van der Waals surface area contributed by atoms with Crippen molar-refractivity contribution in [2.24, 2.45) is 0 Å². The maximum atomic E-state index is 12.3. The number of nitrogens with zero attached hydrogens (tertiary/aromatic N) is 2. The summed E-state index contributed by atoms with van der Waals surface area (Å²) < 4.78 is 0. The molecule has 0 aliphatic carbocycles. The van der Waals surface area contributed by atoms with Crippen LogP contribution in [0.5, 0.6) is 0 Å². The third-order valence-electron chi connectivity index (χ3n) is 3.05. The number of fused-ring (bicyclic) bond motifs is 1. The van der Waals surface area contributed by atoms with E-state index in [0.717, 1.165) is 16.5 Å². The van der Waals surface area contributed by atoms with E-state index in [0.29, 0.717) is 5.56 Å². The standard InChI is InChI=1S/C17H11ClN2O/c18-17-14(10-13-5-1-2-6-15(13)20-17)16(21)8-7-12-4-3-9-19-11-12/h1-11H/b8-7+. The maximum Gasteiger partial charge on any atom is 0.188 e. The Balaban J connectivity index is 1.94. The molecule has 0 amide bonds. The van der Waals surface area contributed by atoms with Gasteiger partial charge < -0.3 is 0 Å². The van der Waals surface area contributed by atoms with Crippen LogP contribution in [0, 0.1) is 0 Å². The second kappa shape index (κ2) is 5.85. The van der Waals surface area contributed by atoms with Crippen LogP contribution in [0.1, 0.15) is 15.9 Å². The van der Waals surface area contributed by atoms with Gasteiger partial charge in [0.2, 0.25) is 0 Å². The predicted octanol–water partition coefficient (Wildman–Crippen LogP) is 4.18. The molecule has 1 aromatic carbocycles. The summed E-state index contributed by atoms with van der Waals surface area (Å²) >= 11 is 6.10. The van der Waals surface area contributed by atoms with Gasteiger partial charge >= 0.3 is 0 Å². The quantitative estimate of drug-likeness (QED) is 0.413. The lowest BCUT2D eigenvalue weighted by Crippen LogP contribution is -1.98. The molecule has 0 spiro atoms. The Labute approximate surface area is 126 Å². The number of pyridine rings is 2. The van der Waals surface area contributed by atoms with Gasteiger partial charge in [-0.2, -0.15) is 0 Å². The summed E-state index contributed by atoms with van der Waals surface area (Å²) in [5.74, 6) is -0.179. The van der Waals surface area contributed by atoms with E-state index in [9.17, 15) is 4.79 Å². The largest absolute Gasteiger partial charge is 0.289 e. The number of halogens is 1. The number of hydrogen-bond acceptors (Lipinski definition) is 3. The number of carbonyl (C=O) groups is 1. The number of rotatable bonds is 3. The molecule has 0 unspecified atom stereocenters. The Morgan fingerprint density at radius 3 is 2.81 bits per heavy atom. The van der Waals surface area contributed by atoms with Gasteiger partial charge in [0.05, 0.1) is 11.1 Å². The average Bonchev–Trinajstić information content (AvgIpc) is 2.53. The topological polar surface area (TPSA) is 42.9 Å². The van der Waals surface area contributed by atoms with Crippen LogP contribution in [-0.2, 0) is 0 Å². The lowest BCUT2D eigenvalue weighted by molar-refractivity contribution is 0.104. The van der Waals surface area contributed by atoms with Crippen LogP contribution in [0.2, 0.25) is 5.15 Å². The zero-order valence-corrected chi connectivity index (χ0v) is 11.8. The van der Waals surface area contributed by atoms with Gasteiger partial charge in [-0.3, -0.25) is 9.78 Å². The van der Waals surface area contributed by atoms with Crippen molar-refractivity contribution in [1.29, 1.82) is 0 Å². The van der Waals surface area contributed by atoms with Gasteiger partial charge in [0.1, 0.15) is 5.15 Å². The number of allylic oxidation sites excluding steroid dienone is 1. The van der Waals surface area contributed by atoms with Gasteiger partial charge in [0.25, 0.3) is 0 Å². The van der Waals surface area contributed by atoms with Crippen molar-refractivity contribution < 1.29 is 4.79 Å². The molecule has 0 saturated carbocycles. The van der Waals surface area contributed by atoms with Crippen molar-refractivity contribution >= 4 is 34.4 Å². The lowest BCUT2D eigenvalue weighted by atomic mass is 10.1. The molecule has 0 radical (unpaired) electrons. The van der Waals surface area contributed by atoms with Crippen LogP contribution in [0.15, 0.2) is 60.9 Å². The summed E-state index contributed by atoms with van der Waals surface area (Å²) in [5, 5.41) is 1.11. The fourth-order valence-corrected chi connectivity index (χ4v) is 2.24. The first-order valence-electron chi connectivity index (χ1n) is 6.42. The summed E-state index contributed by atoms with van der Waals surface area (Å²) in [6.45, 7) is 0. The lowest BCUT2D eigenvalue weighted by Gasteiger charge is -2.02. The molecule has 21 heavy (non-hydrogen) atoms. The zero-order valence-electron chi connectivity index (χ0n) is 11.0. The van der Waals surface area contributed by atoms with E-state index in [1.807, 2.05) is 36.4 Å². The van der Waals surface area contributed by atoms with Crippen LogP contribution in [-0.4, -0.2) is 15.8 Å². The second-order valence-corrected chi connectivity index (χ2v) is 4.86. The predicted molar refractivity (Wildman–Crippen MR) is 84.4 cm³/mol. The Bertz CT molecular complexity index is 829. The van der Waals surface area contributed by atoms with Crippen LogP contribution < -0.4 is 0 Å². The van der Waals surface area contributed by atoms with Crippen molar-refractivity contribution in [3.05, 3.63) is 77.2 Å². The SMILES string of the molecule is O=C(/C=C/c1cccnc1)c1cc2ccccc2nc1Cl. The number of carbonyl (C=O) groups excluding carboxylic acids is 1. The highest BCUT2D eigenvalue weighted by molar-refractivity contribution is 6.34. The Morgan fingerprint density at radius 2 is 2.00 bits per heavy atom. The number of aromatic nitrogens is 2. The summed E-state index contributed by atoms with van der Waals surface area (Å²) in [5.41, 5.74) is 2.03. The first kappa shape index (κ1) is 13.5. The number of para-hydroxylation sites is 1. The van der Waals surface area contributed by atoms with Crippen molar-refractivity contribution in [2.75, 3.05) is 0 Å². The minimum absolute atomic E-state index is 0.179. The van der Waals surface area contributed by atoms with Gasteiger partial charge in [-0.05, 0) is 35.9 Å². The molecule has 3 nitrogen and oxygen atoms in total. The number of benzene rings is 1. The molecule has 0 aliphatic rings. The average molecular weight is 295 g/mol. The van der Waals surface area contributed by atoms with Gasteiger partial charge in [0, 0.05) is 17.8 Å². The van der Waals surface area contributed by atoms with E-state index < -0.39 is 0 Å². The number of hydrogen-bond donors (Lipinski definition) is 0. The molecule has 0 N–H and O–H groups in total. The van der Waals surface area contributed by atoms with Crippen LogP contribution in [0.3, 0.4) is 0 Å².